The van der Waals surface area contributed by atoms with E-state index in [2.05, 4.69) is 9.88 Å². The number of aromatic nitrogens is 1. The van der Waals surface area contributed by atoms with Gasteiger partial charge in [0, 0.05) is 25.2 Å². The molecule has 0 bridgehead atoms. The first-order valence-electron chi connectivity index (χ1n) is 5.62. The maximum absolute atomic E-state index is 10.3. The van der Waals surface area contributed by atoms with E-state index in [9.17, 15) is 4.79 Å². The number of pyridine rings is 1. The minimum atomic E-state index is 0.541. The van der Waals surface area contributed by atoms with Crippen LogP contribution in [-0.4, -0.2) is 37.6 Å². The van der Waals surface area contributed by atoms with E-state index in [1.807, 2.05) is 18.2 Å². The lowest BCUT2D eigenvalue weighted by atomic mass is 10.2. The molecule has 0 aliphatic carbocycles. The third kappa shape index (κ3) is 2.79. The van der Waals surface area contributed by atoms with Gasteiger partial charge in [0.1, 0.15) is 12.1 Å². The molecule has 0 spiro atoms. The number of morpholine rings is 1. The number of nitrogens with zero attached hydrogens (tertiary/aromatic N) is 2. The Bertz CT molecular complexity index is 349. The summed E-state index contributed by atoms with van der Waals surface area (Å²) in [7, 11) is 0. The van der Waals surface area contributed by atoms with Crippen molar-refractivity contribution in [2.75, 3.05) is 31.2 Å². The van der Waals surface area contributed by atoms with Crippen LogP contribution < -0.4 is 4.90 Å². The van der Waals surface area contributed by atoms with Crippen LogP contribution >= 0.6 is 0 Å². The molecule has 16 heavy (non-hydrogen) atoms. The van der Waals surface area contributed by atoms with Gasteiger partial charge in [-0.3, -0.25) is 0 Å². The molecule has 0 saturated carbocycles. The molecule has 2 heterocycles. The van der Waals surface area contributed by atoms with E-state index in [1.165, 1.54) is 0 Å². The minimum Gasteiger partial charge on any atom is -0.378 e. The topological polar surface area (TPSA) is 42.4 Å². The first-order valence-corrected chi connectivity index (χ1v) is 5.62. The minimum absolute atomic E-state index is 0.541. The second-order valence-electron chi connectivity index (χ2n) is 3.79. The van der Waals surface area contributed by atoms with Crippen molar-refractivity contribution in [3.63, 3.8) is 0 Å². The summed E-state index contributed by atoms with van der Waals surface area (Å²) >= 11 is 0. The molecular weight excluding hydrogens is 204 g/mol. The number of anilines is 1. The highest BCUT2D eigenvalue weighted by molar-refractivity contribution is 5.50. The van der Waals surface area contributed by atoms with Crippen LogP contribution in [0.25, 0.3) is 0 Å². The molecule has 0 unspecified atom stereocenters. The maximum Gasteiger partial charge on any atom is 0.128 e. The predicted octanol–water partition coefficient (Wildman–Crippen LogP) is 1.05. The summed E-state index contributed by atoms with van der Waals surface area (Å²) in [6.07, 6.45) is 2.20. The van der Waals surface area contributed by atoms with Crippen molar-refractivity contribution in [3.05, 3.63) is 23.9 Å². The van der Waals surface area contributed by atoms with Gasteiger partial charge in [0.25, 0.3) is 0 Å². The molecule has 1 aliphatic rings. The Morgan fingerprint density at radius 3 is 2.94 bits per heavy atom. The molecule has 1 aliphatic heterocycles. The average Bonchev–Trinajstić information content (AvgIpc) is 2.38. The normalized spacial score (nSPS) is 16.1. The van der Waals surface area contributed by atoms with Crippen LogP contribution in [0.5, 0.6) is 0 Å². The first-order chi connectivity index (χ1) is 7.90. The molecule has 0 radical (unpaired) electrons. The molecule has 1 aromatic heterocycles. The van der Waals surface area contributed by atoms with Gasteiger partial charge in [0.15, 0.2) is 0 Å². The zero-order valence-electron chi connectivity index (χ0n) is 9.26. The summed E-state index contributed by atoms with van der Waals surface area (Å²) in [6.45, 7) is 3.31. The van der Waals surface area contributed by atoms with Crippen LogP contribution in [0.15, 0.2) is 18.2 Å². The summed E-state index contributed by atoms with van der Waals surface area (Å²) in [5.74, 6) is 0.992. The largest absolute Gasteiger partial charge is 0.378 e. The van der Waals surface area contributed by atoms with Gasteiger partial charge in [0.05, 0.1) is 13.2 Å². The Morgan fingerprint density at radius 1 is 1.38 bits per heavy atom. The summed E-state index contributed by atoms with van der Waals surface area (Å²) in [5, 5.41) is 0. The lowest BCUT2D eigenvalue weighted by Gasteiger charge is -2.28. The first kappa shape index (κ1) is 11.1. The van der Waals surface area contributed by atoms with E-state index >= 15 is 0 Å². The molecule has 0 N–H and O–H groups in total. The number of aldehydes is 1. The Balaban J connectivity index is 2.05. The Kier molecular flexibility index (Phi) is 3.88. The van der Waals surface area contributed by atoms with E-state index in [0.717, 1.165) is 50.5 Å². The predicted molar refractivity (Wildman–Crippen MR) is 61.7 cm³/mol. The molecule has 4 heteroatoms. The SMILES string of the molecule is O=CCCc1cccc(N2CCOCC2)n1. The summed E-state index contributed by atoms with van der Waals surface area (Å²) in [5.41, 5.74) is 0.982. The van der Waals surface area contributed by atoms with E-state index in [0.29, 0.717) is 6.42 Å². The van der Waals surface area contributed by atoms with E-state index in [1.54, 1.807) is 0 Å². The van der Waals surface area contributed by atoms with Gasteiger partial charge in [0.2, 0.25) is 0 Å². The Morgan fingerprint density at radius 2 is 2.19 bits per heavy atom. The van der Waals surface area contributed by atoms with Gasteiger partial charge < -0.3 is 14.4 Å². The van der Waals surface area contributed by atoms with Crippen molar-refractivity contribution in [2.24, 2.45) is 0 Å². The molecule has 0 aromatic carbocycles. The van der Waals surface area contributed by atoms with Crippen LogP contribution in [0.1, 0.15) is 12.1 Å². The fourth-order valence-corrected chi connectivity index (χ4v) is 1.78. The quantitative estimate of drug-likeness (QED) is 0.711. The zero-order valence-corrected chi connectivity index (χ0v) is 9.26. The van der Waals surface area contributed by atoms with Crippen molar-refractivity contribution in [1.29, 1.82) is 0 Å². The van der Waals surface area contributed by atoms with Gasteiger partial charge in [-0.1, -0.05) is 6.07 Å². The molecule has 86 valence electrons. The fourth-order valence-electron chi connectivity index (χ4n) is 1.78. The van der Waals surface area contributed by atoms with Crippen LogP contribution in [0, 0.1) is 0 Å². The van der Waals surface area contributed by atoms with Crippen molar-refractivity contribution in [1.82, 2.24) is 4.98 Å². The van der Waals surface area contributed by atoms with Crippen molar-refractivity contribution in [2.45, 2.75) is 12.8 Å². The molecule has 4 nitrogen and oxygen atoms in total. The van der Waals surface area contributed by atoms with Crippen LogP contribution in [-0.2, 0) is 16.0 Å². The lowest BCUT2D eigenvalue weighted by molar-refractivity contribution is -0.107. The zero-order chi connectivity index (χ0) is 11.2. The van der Waals surface area contributed by atoms with Gasteiger partial charge >= 0.3 is 0 Å². The number of aryl methyl sites for hydroxylation is 1. The van der Waals surface area contributed by atoms with Crippen LogP contribution in [0.2, 0.25) is 0 Å². The van der Waals surface area contributed by atoms with E-state index < -0.39 is 0 Å². The highest BCUT2D eigenvalue weighted by Gasteiger charge is 2.12. The lowest BCUT2D eigenvalue weighted by Crippen LogP contribution is -2.36. The second-order valence-corrected chi connectivity index (χ2v) is 3.79. The number of carbonyl (C=O) groups excluding carboxylic acids is 1. The number of ether oxygens (including phenoxy) is 1. The van der Waals surface area contributed by atoms with Gasteiger partial charge in [-0.25, -0.2) is 4.98 Å². The smallest absolute Gasteiger partial charge is 0.128 e. The molecule has 2 rings (SSSR count). The van der Waals surface area contributed by atoms with Gasteiger partial charge in [-0.2, -0.15) is 0 Å². The second kappa shape index (κ2) is 5.61. The van der Waals surface area contributed by atoms with Crippen LogP contribution in [0.4, 0.5) is 5.82 Å². The average molecular weight is 220 g/mol. The molecule has 1 fully saturated rings. The standard InChI is InChI=1S/C12H16N2O2/c15-8-2-4-11-3-1-5-12(13-11)14-6-9-16-10-7-14/h1,3,5,8H,2,4,6-7,9-10H2. The Hall–Kier alpha value is -1.42. The number of hydrogen-bond donors (Lipinski definition) is 0. The molecular formula is C12H16N2O2. The highest BCUT2D eigenvalue weighted by Crippen LogP contribution is 2.13. The van der Waals surface area contributed by atoms with Crippen molar-refractivity contribution in [3.8, 4) is 0 Å². The molecule has 1 aromatic rings. The monoisotopic (exact) mass is 220 g/mol. The van der Waals surface area contributed by atoms with E-state index in [-0.39, 0.29) is 0 Å². The van der Waals surface area contributed by atoms with Crippen LogP contribution in [0.3, 0.4) is 0 Å². The fraction of sp³-hybridized carbons (Fsp3) is 0.500. The molecule has 1 saturated heterocycles. The number of hydrogen-bond acceptors (Lipinski definition) is 4. The number of rotatable bonds is 4. The molecule has 0 amide bonds. The van der Waals surface area contributed by atoms with Crippen molar-refractivity contribution < 1.29 is 9.53 Å². The highest BCUT2D eigenvalue weighted by atomic mass is 16.5. The third-order valence-corrected chi connectivity index (χ3v) is 2.65. The number of carbonyl (C=O) groups is 1. The van der Waals surface area contributed by atoms with Gasteiger partial charge in [-0.05, 0) is 18.6 Å². The van der Waals surface area contributed by atoms with Crippen molar-refractivity contribution >= 4 is 12.1 Å². The summed E-state index contributed by atoms with van der Waals surface area (Å²) < 4.78 is 5.30. The molecule has 0 atom stereocenters. The Labute approximate surface area is 95.2 Å². The maximum atomic E-state index is 10.3. The van der Waals surface area contributed by atoms with Gasteiger partial charge in [-0.15, -0.1) is 0 Å². The summed E-state index contributed by atoms with van der Waals surface area (Å²) in [6, 6.07) is 5.97. The summed E-state index contributed by atoms with van der Waals surface area (Å²) in [4.78, 5) is 17.1. The van der Waals surface area contributed by atoms with E-state index in [4.69, 9.17) is 4.74 Å². The third-order valence-electron chi connectivity index (χ3n) is 2.65.